The molecule has 8 aliphatic rings. The lowest BCUT2D eigenvalue weighted by Crippen LogP contribution is -2.70. The number of carboxylic acid groups (broad SMARTS) is 1. The van der Waals surface area contributed by atoms with E-state index in [2.05, 4.69) is 33.0 Å². The quantitative estimate of drug-likeness (QED) is 0.285. The normalized spacial score (nSPS) is 49.1. The Hall–Kier alpha value is -1.51. The van der Waals surface area contributed by atoms with Crippen LogP contribution in [-0.2, 0) is 23.8 Å². The van der Waals surface area contributed by atoms with Gasteiger partial charge in [-0.15, -0.1) is 0 Å². The minimum absolute atomic E-state index is 0.00399. The fourth-order valence-electron chi connectivity index (χ4n) is 13.8. The zero-order chi connectivity index (χ0) is 36.5. The number of hydrogen-bond donors (Lipinski definition) is 4. The van der Waals surface area contributed by atoms with Gasteiger partial charge in [-0.1, -0.05) is 27.7 Å². The number of ether oxygens (including phenoxy) is 3. The Kier molecular flexibility index (Phi) is 8.58. The van der Waals surface area contributed by atoms with Gasteiger partial charge in [-0.2, -0.15) is 13.2 Å². The highest BCUT2D eigenvalue weighted by molar-refractivity contribution is 5.77. The van der Waals surface area contributed by atoms with Gasteiger partial charge in [0, 0.05) is 19.5 Å². The standard InChI is InChI=1S/C38H58F3N3O7/c1-20-15-22(17-43-30(32(47)48)38(39,40)41)50-29-28(20)34(4)11-12-36-19-35(36)10-9-25(33(2,3)23(35)7-8-24(36)37(34,42)31(29)46)51-27-18-44(13-14-49-27)26(45)16-21-5-6-21/h20-25,27-31,43,46H,5-19,42H2,1-4H3,(H,47,48)/t20-,22?,23+,24?,25?,27+,28+,29?,30?,31+,34?,35?,36?,37+/m1/s1. The molecule has 0 aromatic carbocycles. The minimum Gasteiger partial charge on any atom is -0.480 e. The van der Waals surface area contributed by atoms with Crippen LogP contribution in [0.5, 0.6) is 0 Å². The maximum atomic E-state index is 13.4. The Labute approximate surface area is 299 Å². The molecular formula is C38H58F3N3O7. The van der Waals surface area contributed by atoms with E-state index in [1.165, 1.54) is 0 Å². The molecule has 0 aromatic rings. The predicted octanol–water partition coefficient (Wildman–Crippen LogP) is 4.47. The van der Waals surface area contributed by atoms with E-state index in [1.807, 2.05) is 4.90 Å². The molecule has 2 spiro atoms. The largest absolute Gasteiger partial charge is 0.480 e. The molecule has 8 unspecified atom stereocenters. The summed E-state index contributed by atoms with van der Waals surface area (Å²) >= 11 is 0. The van der Waals surface area contributed by atoms with Crippen molar-refractivity contribution in [1.82, 2.24) is 10.2 Å². The number of alkyl halides is 3. The Morgan fingerprint density at radius 3 is 2.45 bits per heavy atom. The summed E-state index contributed by atoms with van der Waals surface area (Å²) in [6.45, 7) is 10.3. The number of aliphatic hydroxyl groups excluding tert-OH is 1. The molecular weight excluding hydrogens is 667 g/mol. The van der Waals surface area contributed by atoms with Crippen molar-refractivity contribution in [3.05, 3.63) is 0 Å². The predicted molar refractivity (Wildman–Crippen MR) is 179 cm³/mol. The van der Waals surface area contributed by atoms with E-state index in [1.54, 1.807) is 0 Å². The summed E-state index contributed by atoms with van der Waals surface area (Å²) in [5, 5.41) is 23.6. The second-order valence-electron chi connectivity index (χ2n) is 18.9. The van der Waals surface area contributed by atoms with Crippen LogP contribution in [0.4, 0.5) is 13.2 Å². The van der Waals surface area contributed by atoms with Crippen LogP contribution in [0, 0.1) is 51.2 Å². The Bertz CT molecular complexity index is 1410. The number of carboxylic acids is 1. The highest BCUT2D eigenvalue weighted by atomic mass is 19.4. The van der Waals surface area contributed by atoms with E-state index < -0.39 is 53.7 Å². The van der Waals surface area contributed by atoms with E-state index in [0.717, 1.165) is 57.8 Å². The SMILES string of the molecule is C[C@@H]1CC(CNC(C(=O)O)C(F)(F)F)OC2[C@H]1C1(C)CCC34CC35CCC(O[C@H]3CN(C(=O)CC6CC6)CCO3)C(C)(C)[C@@H]5CCC4[C@]1(N)[C@H]2O. The molecule has 0 bridgehead atoms. The van der Waals surface area contributed by atoms with Gasteiger partial charge in [0.25, 0.3) is 0 Å². The van der Waals surface area contributed by atoms with Crippen molar-refractivity contribution < 1.29 is 47.2 Å². The van der Waals surface area contributed by atoms with Crippen LogP contribution in [-0.4, -0.2) is 102 Å². The van der Waals surface area contributed by atoms with Crippen molar-refractivity contribution in [2.24, 2.45) is 57.0 Å². The number of rotatable bonds is 8. The summed E-state index contributed by atoms with van der Waals surface area (Å²) in [4.78, 5) is 26.1. The van der Waals surface area contributed by atoms with Crippen molar-refractivity contribution in [3.8, 4) is 0 Å². The maximum Gasteiger partial charge on any atom is 0.414 e. The van der Waals surface area contributed by atoms with Crippen LogP contribution >= 0.6 is 0 Å². The summed E-state index contributed by atoms with van der Waals surface area (Å²) in [7, 11) is 0. The molecule has 0 radical (unpaired) electrons. The van der Waals surface area contributed by atoms with E-state index in [0.29, 0.717) is 44.4 Å². The van der Waals surface area contributed by atoms with Gasteiger partial charge in [0.1, 0.15) is 0 Å². The van der Waals surface area contributed by atoms with E-state index in [-0.39, 0.29) is 52.6 Å². The molecule has 13 heteroatoms. The van der Waals surface area contributed by atoms with Crippen LogP contribution in [0.1, 0.15) is 98.3 Å². The molecule has 2 saturated heterocycles. The van der Waals surface area contributed by atoms with E-state index in [9.17, 15) is 33.0 Å². The first kappa shape index (κ1) is 36.5. The average Bonchev–Trinajstić information content (AvgIpc) is 3.97. The van der Waals surface area contributed by atoms with Gasteiger partial charge in [-0.25, -0.2) is 0 Å². The topological polar surface area (TPSA) is 144 Å². The van der Waals surface area contributed by atoms with Gasteiger partial charge in [0.15, 0.2) is 6.29 Å². The Balaban J connectivity index is 0.973. The molecule has 8 fully saturated rings. The number of morpholine rings is 1. The molecule has 8 rings (SSSR count). The zero-order valence-corrected chi connectivity index (χ0v) is 30.6. The number of nitrogens with two attached hydrogens (primary N) is 1. The fraction of sp³-hybridized carbons (Fsp3) is 0.947. The monoisotopic (exact) mass is 725 g/mol. The molecule has 288 valence electrons. The van der Waals surface area contributed by atoms with Crippen LogP contribution in [0.3, 0.4) is 0 Å². The lowest BCUT2D eigenvalue weighted by Gasteiger charge is -2.63. The first-order valence-electron chi connectivity index (χ1n) is 19.6. The van der Waals surface area contributed by atoms with Crippen molar-refractivity contribution in [2.45, 2.75) is 147 Å². The van der Waals surface area contributed by atoms with Crippen LogP contribution in [0.25, 0.3) is 0 Å². The lowest BCUT2D eigenvalue weighted by atomic mass is 9.43. The lowest BCUT2D eigenvalue weighted by molar-refractivity contribution is -0.245. The first-order valence-corrected chi connectivity index (χ1v) is 19.6. The smallest absolute Gasteiger partial charge is 0.414 e. The summed E-state index contributed by atoms with van der Waals surface area (Å²) in [5.74, 6) is -0.725. The first-order chi connectivity index (χ1) is 23.9. The summed E-state index contributed by atoms with van der Waals surface area (Å²) in [6.07, 6.45) is 2.55. The maximum absolute atomic E-state index is 13.4. The number of hydrogen-bond acceptors (Lipinski definition) is 8. The molecule has 2 aliphatic heterocycles. The van der Waals surface area contributed by atoms with Gasteiger partial charge >= 0.3 is 12.1 Å². The number of amides is 1. The number of aliphatic hydroxyl groups is 1. The molecule has 0 aromatic heterocycles. The van der Waals surface area contributed by atoms with Crippen molar-refractivity contribution in [1.29, 1.82) is 0 Å². The number of nitrogens with one attached hydrogen (secondary N) is 1. The molecule has 10 nitrogen and oxygen atoms in total. The van der Waals surface area contributed by atoms with Crippen LogP contribution in [0.2, 0.25) is 0 Å². The number of carbonyl (C=O) groups excluding carboxylic acids is 1. The number of fused-ring (bicyclic) bond motifs is 4. The molecule has 51 heavy (non-hydrogen) atoms. The second kappa shape index (κ2) is 12.0. The number of halogens is 3. The third-order valence-electron chi connectivity index (χ3n) is 16.3. The highest BCUT2D eigenvalue weighted by Crippen LogP contribution is 2.87. The van der Waals surface area contributed by atoms with Gasteiger partial charge in [-0.05, 0) is 115 Å². The second-order valence-corrected chi connectivity index (χ2v) is 18.9. The molecule has 6 saturated carbocycles. The molecule has 2 heterocycles. The molecule has 1 amide bonds. The number of carbonyl (C=O) groups is 2. The van der Waals surface area contributed by atoms with Crippen LogP contribution < -0.4 is 11.1 Å². The van der Waals surface area contributed by atoms with Crippen molar-refractivity contribution in [2.75, 3.05) is 26.2 Å². The summed E-state index contributed by atoms with van der Waals surface area (Å²) in [6, 6.07) is -2.68. The third-order valence-corrected chi connectivity index (χ3v) is 16.3. The summed E-state index contributed by atoms with van der Waals surface area (Å²) in [5.41, 5.74) is 6.34. The molecule has 5 N–H and O–H groups in total. The van der Waals surface area contributed by atoms with E-state index in [4.69, 9.17) is 19.9 Å². The number of nitrogens with zero attached hydrogens (tertiary/aromatic N) is 1. The van der Waals surface area contributed by atoms with Gasteiger partial charge < -0.3 is 35.1 Å². The minimum atomic E-state index is -4.93. The Morgan fingerprint density at radius 2 is 1.76 bits per heavy atom. The highest BCUT2D eigenvalue weighted by Gasteiger charge is 2.85. The molecule has 14 atom stereocenters. The fourth-order valence-corrected chi connectivity index (χ4v) is 13.8. The molecule has 6 aliphatic carbocycles. The zero-order valence-electron chi connectivity index (χ0n) is 30.6. The van der Waals surface area contributed by atoms with E-state index >= 15 is 0 Å². The Morgan fingerprint density at radius 1 is 1.06 bits per heavy atom. The van der Waals surface area contributed by atoms with Crippen molar-refractivity contribution in [3.63, 3.8) is 0 Å². The van der Waals surface area contributed by atoms with Crippen LogP contribution in [0.15, 0.2) is 0 Å². The van der Waals surface area contributed by atoms with Gasteiger partial charge in [0.2, 0.25) is 11.9 Å². The third kappa shape index (κ3) is 5.31. The number of aliphatic carboxylic acids is 1. The average molecular weight is 726 g/mol. The van der Waals surface area contributed by atoms with Gasteiger partial charge in [0.05, 0.1) is 43.1 Å². The van der Waals surface area contributed by atoms with Crippen molar-refractivity contribution >= 4 is 11.9 Å². The van der Waals surface area contributed by atoms with Gasteiger partial charge in [-0.3, -0.25) is 14.9 Å². The summed E-state index contributed by atoms with van der Waals surface area (Å²) < 4.78 is 59.4.